The fourth-order valence-electron chi connectivity index (χ4n) is 3.80. The fraction of sp³-hybridized carbons (Fsp3) is 0.913. The standard InChI is InChI=1S/C23H46N4O2/c24-16-9-12-20-27-21-13-18-25-17-10-5-1-3-7-14-22(28)26-19-11-6-2-4-8-15-23(27)29/h25H,1-21,24H2,(H,26,28). The van der Waals surface area contributed by atoms with Gasteiger partial charge in [0, 0.05) is 32.5 Å². The number of amides is 2. The number of carbonyl (C=O) groups is 2. The third-order valence-corrected chi connectivity index (χ3v) is 5.66. The van der Waals surface area contributed by atoms with E-state index in [4.69, 9.17) is 5.73 Å². The lowest BCUT2D eigenvalue weighted by Gasteiger charge is -2.23. The zero-order valence-electron chi connectivity index (χ0n) is 18.7. The molecule has 0 aromatic rings. The van der Waals surface area contributed by atoms with E-state index in [2.05, 4.69) is 15.5 Å². The molecule has 0 radical (unpaired) electrons. The minimum absolute atomic E-state index is 0.203. The van der Waals surface area contributed by atoms with Crippen LogP contribution in [0.3, 0.4) is 0 Å². The van der Waals surface area contributed by atoms with Crippen molar-refractivity contribution in [3.63, 3.8) is 0 Å². The van der Waals surface area contributed by atoms with E-state index in [1.54, 1.807) is 0 Å². The Morgan fingerprint density at radius 1 is 0.724 bits per heavy atom. The monoisotopic (exact) mass is 410 g/mol. The molecule has 1 aliphatic heterocycles. The van der Waals surface area contributed by atoms with Crippen molar-refractivity contribution in [2.45, 2.75) is 96.3 Å². The van der Waals surface area contributed by atoms with E-state index < -0.39 is 0 Å². The van der Waals surface area contributed by atoms with Crippen LogP contribution in [0.15, 0.2) is 0 Å². The van der Waals surface area contributed by atoms with Crippen molar-refractivity contribution in [3.05, 3.63) is 0 Å². The first-order valence-electron chi connectivity index (χ1n) is 12.2. The van der Waals surface area contributed by atoms with Gasteiger partial charge in [-0.2, -0.15) is 0 Å². The number of nitrogens with zero attached hydrogens (tertiary/aromatic N) is 1. The van der Waals surface area contributed by atoms with Gasteiger partial charge in [0.05, 0.1) is 0 Å². The number of nitrogens with one attached hydrogen (secondary N) is 2. The molecule has 1 heterocycles. The third-order valence-electron chi connectivity index (χ3n) is 5.66. The van der Waals surface area contributed by atoms with E-state index in [9.17, 15) is 9.59 Å². The van der Waals surface area contributed by atoms with Crippen LogP contribution in [0.25, 0.3) is 0 Å². The van der Waals surface area contributed by atoms with Crippen LogP contribution < -0.4 is 16.4 Å². The lowest BCUT2D eigenvalue weighted by Crippen LogP contribution is -2.34. The zero-order chi connectivity index (χ0) is 21.0. The van der Waals surface area contributed by atoms with Crippen LogP contribution in [0.5, 0.6) is 0 Å². The van der Waals surface area contributed by atoms with Gasteiger partial charge in [-0.3, -0.25) is 9.59 Å². The van der Waals surface area contributed by atoms with Gasteiger partial charge in [0.15, 0.2) is 0 Å². The topological polar surface area (TPSA) is 87.5 Å². The van der Waals surface area contributed by atoms with Crippen LogP contribution in [0.2, 0.25) is 0 Å². The Hall–Kier alpha value is -1.14. The molecule has 170 valence electrons. The number of hydrogen-bond acceptors (Lipinski definition) is 4. The molecule has 0 aromatic heterocycles. The van der Waals surface area contributed by atoms with Gasteiger partial charge in [-0.1, -0.05) is 38.5 Å². The molecule has 0 atom stereocenters. The van der Waals surface area contributed by atoms with E-state index in [-0.39, 0.29) is 5.91 Å². The van der Waals surface area contributed by atoms with Gasteiger partial charge in [-0.05, 0) is 64.6 Å². The summed E-state index contributed by atoms with van der Waals surface area (Å²) in [4.78, 5) is 26.5. The van der Waals surface area contributed by atoms with Crippen LogP contribution >= 0.6 is 0 Å². The SMILES string of the molecule is NCCCCN1CCCNCCCCCCCC(=O)NCCCCCCCC1=O. The quantitative estimate of drug-likeness (QED) is 0.620. The zero-order valence-corrected chi connectivity index (χ0v) is 18.7. The Kier molecular flexibility index (Phi) is 16.8. The van der Waals surface area contributed by atoms with Crippen molar-refractivity contribution in [1.82, 2.24) is 15.5 Å². The largest absolute Gasteiger partial charge is 0.356 e. The van der Waals surface area contributed by atoms with Crippen molar-refractivity contribution in [2.75, 3.05) is 39.3 Å². The van der Waals surface area contributed by atoms with Gasteiger partial charge in [0.1, 0.15) is 0 Å². The van der Waals surface area contributed by atoms with Gasteiger partial charge in [-0.15, -0.1) is 0 Å². The molecular formula is C23H46N4O2. The Morgan fingerprint density at radius 3 is 2.10 bits per heavy atom. The molecule has 0 saturated carbocycles. The molecule has 1 fully saturated rings. The van der Waals surface area contributed by atoms with Crippen LogP contribution in [-0.2, 0) is 9.59 Å². The molecule has 0 bridgehead atoms. The lowest BCUT2D eigenvalue weighted by molar-refractivity contribution is -0.131. The van der Waals surface area contributed by atoms with Crippen LogP contribution in [0, 0.1) is 0 Å². The summed E-state index contributed by atoms with van der Waals surface area (Å²) >= 11 is 0. The molecule has 4 N–H and O–H groups in total. The number of carbonyl (C=O) groups excluding carboxylic acids is 2. The van der Waals surface area contributed by atoms with Gasteiger partial charge in [0.25, 0.3) is 0 Å². The third kappa shape index (κ3) is 15.4. The van der Waals surface area contributed by atoms with Gasteiger partial charge < -0.3 is 21.3 Å². The molecule has 0 aliphatic carbocycles. The second kappa shape index (κ2) is 18.9. The first-order chi connectivity index (χ1) is 14.2. The Morgan fingerprint density at radius 2 is 1.34 bits per heavy atom. The predicted molar refractivity (Wildman–Crippen MR) is 121 cm³/mol. The Labute approximate surface area is 178 Å². The highest BCUT2D eigenvalue weighted by atomic mass is 16.2. The highest BCUT2D eigenvalue weighted by Gasteiger charge is 2.12. The predicted octanol–water partition coefficient (Wildman–Crippen LogP) is 3.34. The summed E-state index contributed by atoms with van der Waals surface area (Å²) in [5.74, 6) is 0.505. The first kappa shape index (κ1) is 25.9. The maximum absolute atomic E-state index is 12.6. The highest BCUT2D eigenvalue weighted by molar-refractivity contribution is 5.76. The summed E-state index contributed by atoms with van der Waals surface area (Å²) in [5.41, 5.74) is 5.61. The van der Waals surface area contributed by atoms with Crippen molar-refractivity contribution in [1.29, 1.82) is 0 Å². The van der Waals surface area contributed by atoms with E-state index in [1.165, 1.54) is 19.3 Å². The van der Waals surface area contributed by atoms with Crippen LogP contribution in [0.4, 0.5) is 0 Å². The first-order valence-corrected chi connectivity index (χ1v) is 12.2. The lowest BCUT2D eigenvalue weighted by atomic mass is 10.1. The molecule has 0 aromatic carbocycles. The molecule has 1 saturated heterocycles. The summed E-state index contributed by atoms with van der Waals surface area (Å²) in [6, 6.07) is 0. The molecule has 1 aliphatic rings. The van der Waals surface area contributed by atoms with Crippen LogP contribution in [0.1, 0.15) is 96.3 Å². The Bertz CT molecular complexity index is 418. The number of unbranched alkanes of at least 4 members (excludes halogenated alkanes) is 1. The van der Waals surface area contributed by atoms with Crippen molar-refractivity contribution in [2.24, 2.45) is 5.73 Å². The van der Waals surface area contributed by atoms with E-state index >= 15 is 0 Å². The van der Waals surface area contributed by atoms with Gasteiger partial charge in [-0.25, -0.2) is 0 Å². The summed E-state index contributed by atoms with van der Waals surface area (Å²) in [7, 11) is 0. The summed E-state index contributed by atoms with van der Waals surface area (Å²) in [6.45, 7) is 5.21. The van der Waals surface area contributed by atoms with Crippen LogP contribution in [-0.4, -0.2) is 56.0 Å². The minimum Gasteiger partial charge on any atom is -0.356 e. The highest BCUT2D eigenvalue weighted by Crippen LogP contribution is 2.09. The van der Waals surface area contributed by atoms with Crippen molar-refractivity contribution >= 4 is 11.8 Å². The molecule has 29 heavy (non-hydrogen) atoms. The number of hydrogen-bond donors (Lipinski definition) is 3. The summed E-state index contributed by atoms with van der Waals surface area (Å²) < 4.78 is 0. The Balaban J connectivity index is 2.37. The molecule has 2 amide bonds. The molecule has 6 nitrogen and oxygen atoms in total. The molecule has 1 rings (SSSR count). The minimum atomic E-state index is 0.203. The maximum atomic E-state index is 12.6. The van der Waals surface area contributed by atoms with Crippen molar-refractivity contribution in [3.8, 4) is 0 Å². The average Bonchev–Trinajstić information content (AvgIpc) is 2.71. The second-order valence-corrected chi connectivity index (χ2v) is 8.37. The molecule has 6 heteroatoms. The molecule has 0 spiro atoms. The summed E-state index contributed by atoms with van der Waals surface area (Å²) in [6.07, 6.45) is 15.5. The van der Waals surface area contributed by atoms with Gasteiger partial charge >= 0.3 is 0 Å². The normalized spacial score (nSPS) is 21.1. The maximum Gasteiger partial charge on any atom is 0.222 e. The second-order valence-electron chi connectivity index (χ2n) is 8.37. The average molecular weight is 411 g/mol. The number of rotatable bonds is 4. The smallest absolute Gasteiger partial charge is 0.222 e. The van der Waals surface area contributed by atoms with E-state index in [0.717, 1.165) is 96.9 Å². The fourth-order valence-corrected chi connectivity index (χ4v) is 3.80. The number of nitrogens with two attached hydrogens (primary N) is 1. The van der Waals surface area contributed by atoms with E-state index in [1.807, 2.05) is 0 Å². The molecular weight excluding hydrogens is 364 g/mol. The van der Waals surface area contributed by atoms with E-state index in [0.29, 0.717) is 25.3 Å². The van der Waals surface area contributed by atoms with Gasteiger partial charge in [0.2, 0.25) is 11.8 Å². The molecule has 0 unspecified atom stereocenters. The summed E-state index contributed by atoms with van der Waals surface area (Å²) in [5, 5.41) is 6.55. The van der Waals surface area contributed by atoms with Crippen molar-refractivity contribution < 1.29 is 9.59 Å².